The number of rotatable bonds is 6. The van der Waals surface area contributed by atoms with Gasteiger partial charge in [0.2, 0.25) is 5.78 Å². The number of amides is 1. The third-order valence-electron chi connectivity index (χ3n) is 6.69. The molecule has 1 amide bonds. The average molecular weight is 460 g/mol. The molecule has 0 atom stereocenters. The van der Waals surface area contributed by atoms with Crippen molar-refractivity contribution in [2.45, 2.75) is 33.4 Å². The number of benzene rings is 2. The van der Waals surface area contributed by atoms with Crippen molar-refractivity contribution in [3.63, 3.8) is 0 Å². The van der Waals surface area contributed by atoms with Crippen LogP contribution in [0.4, 0.5) is 0 Å². The van der Waals surface area contributed by atoms with Crippen LogP contribution in [-0.4, -0.2) is 56.2 Å². The number of hydrogen-bond donors (Lipinski definition) is 1. The first-order valence-corrected chi connectivity index (χ1v) is 12.1. The lowest BCUT2D eigenvalue weighted by molar-refractivity contribution is -0.918. The van der Waals surface area contributed by atoms with Crippen LogP contribution in [0.3, 0.4) is 0 Å². The Labute approximate surface area is 198 Å². The SMILES string of the molecule is CC(C)CCn1c(=O)c2ccccc2n2c(C[NH+]3CCN(C(=O)c4ccccc4)CC3)nnc12. The second-order valence-corrected chi connectivity index (χ2v) is 9.49. The number of aromatic nitrogens is 4. The van der Waals surface area contributed by atoms with Gasteiger partial charge in [-0.3, -0.25) is 18.6 Å². The normalized spacial score (nSPS) is 15.0. The number of carbonyl (C=O) groups excluding carboxylic acids is 1. The number of quaternary nitrogens is 1. The van der Waals surface area contributed by atoms with Crippen LogP contribution in [0.5, 0.6) is 0 Å². The largest absolute Gasteiger partial charge is 0.327 e. The number of piperazine rings is 1. The fourth-order valence-corrected chi connectivity index (χ4v) is 4.71. The van der Waals surface area contributed by atoms with Crippen LogP contribution in [0, 0.1) is 5.92 Å². The predicted molar refractivity (Wildman–Crippen MR) is 131 cm³/mol. The summed E-state index contributed by atoms with van der Waals surface area (Å²) in [6.45, 7) is 8.74. The molecule has 1 aliphatic rings. The molecular formula is C26H31N6O2+. The highest BCUT2D eigenvalue weighted by Crippen LogP contribution is 2.15. The summed E-state index contributed by atoms with van der Waals surface area (Å²) in [5, 5.41) is 9.66. The quantitative estimate of drug-likeness (QED) is 0.476. The molecule has 1 saturated heterocycles. The van der Waals surface area contributed by atoms with Crippen molar-refractivity contribution in [3.8, 4) is 0 Å². The van der Waals surface area contributed by atoms with Crippen LogP contribution in [0.15, 0.2) is 59.4 Å². The molecule has 176 valence electrons. The van der Waals surface area contributed by atoms with Crippen molar-refractivity contribution in [3.05, 3.63) is 76.3 Å². The van der Waals surface area contributed by atoms with Gasteiger partial charge < -0.3 is 9.80 Å². The van der Waals surface area contributed by atoms with E-state index in [-0.39, 0.29) is 11.5 Å². The van der Waals surface area contributed by atoms with Gasteiger partial charge >= 0.3 is 0 Å². The minimum absolute atomic E-state index is 0.0110. The molecule has 34 heavy (non-hydrogen) atoms. The number of para-hydroxylation sites is 1. The van der Waals surface area contributed by atoms with E-state index in [2.05, 4.69) is 24.0 Å². The molecule has 0 unspecified atom stereocenters. The summed E-state index contributed by atoms with van der Waals surface area (Å²) < 4.78 is 3.82. The molecular weight excluding hydrogens is 428 g/mol. The first kappa shape index (κ1) is 22.3. The second kappa shape index (κ2) is 9.38. The Kier molecular flexibility index (Phi) is 6.15. The minimum Gasteiger partial charge on any atom is -0.327 e. The molecule has 8 nitrogen and oxygen atoms in total. The number of nitrogens with zero attached hydrogens (tertiary/aromatic N) is 5. The fourth-order valence-electron chi connectivity index (χ4n) is 4.71. The number of carbonyl (C=O) groups is 1. The maximum absolute atomic E-state index is 13.2. The molecule has 0 aliphatic carbocycles. The third-order valence-corrected chi connectivity index (χ3v) is 6.69. The van der Waals surface area contributed by atoms with Gasteiger partial charge in [-0.15, -0.1) is 10.2 Å². The minimum atomic E-state index is -0.0110. The van der Waals surface area contributed by atoms with Gasteiger partial charge in [0.05, 0.1) is 37.1 Å². The Bertz CT molecular complexity index is 1370. The lowest BCUT2D eigenvalue weighted by atomic mass is 10.1. The summed E-state index contributed by atoms with van der Waals surface area (Å²) >= 11 is 0. The monoisotopic (exact) mass is 459 g/mol. The summed E-state index contributed by atoms with van der Waals surface area (Å²) in [5.74, 6) is 2.03. The molecule has 4 aromatic rings. The van der Waals surface area contributed by atoms with Gasteiger partial charge in [0.15, 0.2) is 5.82 Å². The summed E-state index contributed by atoms with van der Waals surface area (Å²) in [7, 11) is 0. The van der Waals surface area contributed by atoms with Crippen LogP contribution in [0.25, 0.3) is 16.7 Å². The zero-order valence-electron chi connectivity index (χ0n) is 19.8. The second-order valence-electron chi connectivity index (χ2n) is 9.49. The Morgan fingerprint density at radius 3 is 2.44 bits per heavy atom. The lowest BCUT2D eigenvalue weighted by Gasteiger charge is -2.32. The molecule has 1 N–H and O–H groups in total. The first-order valence-electron chi connectivity index (χ1n) is 12.1. The molecule has 0 bridgehead atoms. The lowest BCUT2D eigenvalue weighted by Crippen LogP contribution is -3.13. The van der Waals surface area contributed by atoms with E-state index in [9.17, 15) is 9.59 Å². The van der Waals surface area contributed by atoms with E-state index in [1.807, 2.05) is 63.9 Å². The standard InChI is InChI=1S/C26H30N6O2/c1-19(2)12-13-31-25(34)21-10-6-7-11-22(21)32-23(27-28-26(31)32)18-29-14-16-30(17-15-29)24(33)20-8-4-3-5-9-20/h3-11,19H,12-18H2,1-2H3/p+1. The smallest absolute Gasteiger partial charge is 0.262 e. The van der Waals surface area contributed by atoms with E-state index >= 15 is 0 Å². The number of aryl methyl sites for hydroxylation is 1. The van der Waals surface area contributed by atoms with Crippen molar-refractivity contribution >= 4 is 22.6 Å². The maximum Gasteiger partial charge on any atom is 0.262 e. The topological polar surface area (TPSA) is 76.9 Å². The molecule has 0 spiro atoms. The molecule has 2 aromatic carbocycles. The van der Waals surface area contributed by atoms with Crippen LogP contribution >= 0.6 is 0 Å². The zero-order valence-corrected chi connectivity index (χ0v) is 19.8. The van der Waals surface area contributed by atoms with E-state index in [1.54, 1.807) is 4.57 Å². The van der Waals surface area contributed by atoms with Crippen molar-refractivity contribution in [2.75, 3.05) is 26.2 Å². The van der Waals surface area contributed by atoms with Crippen LogP contribution in [0.1, 0.15) is 36.5 Å². The van der Waals surface area contributed by atoms with Gasteiger partial charge in [-0.1, -0.05) is 44.2 Å². The molecule has 3 heterocycles. The van der Waals surface area contributed by atoms with Gasteiger partial charge in [-0.2, -0.15) is 0 Å². The van der Waals surface area contributed by atoms with Gasteiger partial charge in [0.1, 0.15) is 6.54 Å². The number of hydrogen-bond acceptors (Lipinski definition) is 4. The van der Waals surface area contributed by atoms with Gasteiger partial charge in [-0.25, -0.2) is 0 Å². The summed E-state index contributed by atoms with van der Waals surface area (Å²) in [5.41, 5.74) is 1.57. The van der Waals surface area contributed by atoms with Crippen molar-refractivity contribution in [1.29, 1.82) is 0 Å². The summed E-state index contributed by atoms with van der Waals surface area (Å²) in [6.07, 6.45) is 0.902. The molecule has 2 aromatic heterocycles. The number of nitrogens with one attached hydrogen (secondary N) is 1. The maximum atomic E-state index is 13.2. The van der Waals surface area contributed by atoms with Crippen LogP contribution in [0.2, 0.25) is 0 Å². The highest BCUT2D eigenvalue weighted by molar-refractivity contribution is 5.94. The van der Waals surface area contributed by atoms with Crippen LogP contribution in [-0.2, 0) is 13.1 Å². The molecule has 5 rings (SSSR count). The molecule has 0 radical (unpaired) electrons. The van der Waals surface area contributed by atoms with Crippen molar-refractivity contribution < 1.29 is 9.69 Å². The van der Waals surface area contributed by atoms with Crippen molar-refractivity contribution in [2.24, 2.45) is 5.92 Å². The Balaban J connectivity index is 1.40. The third kappa shape index (κ3) is 4.21. The Hall–Kier alpha value is -3.52. The molecule has 8 heteroatoms. The molecule has 0 saturated carbocycles. The average Bonchev–Trinajstić information content (AvgIpc) is 3.28. The van der Waals surface area contributed by atoms with Crippen LogP contribution < -0.4 is 10.5 Å². The van der Waals surface area contributed by atoms with E-state index in [0.29, 0.717) is 43.3 Å². The summed E-state index contributed by atoms with van der Waals surface area (Å²) in [6, 6.07) is 17.2. The van der Waals surface area contributed by atoms with E-state index < -0.39 is 0 Å². The highest BCUT2D eigenvalue weighted by Gasteiger charge is 2.26. The zero-order chi connectivity index (χ0) is 23.7. The molecule has 1 aliphatic heterocycles. The number of fused-ring (bicyclic) bond motifs is 3. The Morgan fingerprint density at radius 1 is 1.00 bits per heavy atom. The van der Waals surface area contributed by atoms with E-state index in [0.717, 1.165) is 36.4 Å². The first-order chi connectivity index (χ1) is 16.5. The Morgan fingerprint density at radius 2 is 1.71 bits per heavy atom. The van der Waals surface area contributed by atoms with Gasteiger partial charge in [0.25, 0.3) is 11.5 Å². The predicted octanol–water partition coefficient (Wildman–Crippen LogP) is 1.63. The van der Waals surface area contributed by atoms with Gasteiger partial charge in [-0.05, 0) is 36.6 Å². The molecule has 1 fully saturated rings. The highest BCUT2D eigenvalue weighted by atomic mass is 16.2. The summed E-state index contributed by atoms with van der Waals surface area (Å²) in [4.78, 5) is 29.3. The van der Waals surface area contributed by atoms with Crippen molar-refractivity contribution in [1.82, 2.24) is 24.1 Å². The van der Waals surface area contributed by atoms with E-state index in [1.165, 1.54) is 4.90 Å². The van der Waals surface area contributed by atoms with Gasteiger partial charge in [0, 0.05) is 12.1 Å². The fraction of sp³-hybridized carbons (Fsp3) is 0.385. The van der Waals surface area contributed by atoms with E-state index in [4.69, 9.17) is 0 Å².